The Morgan fingerprint density at radius 3 is 1.53 bits per heavy atom. The van der Waals surface area contributed by atoms with Crippen LogP contribution >= 0.6 is 0 Å². The highest BCUT2D eigenvalue weighted by Gasteiger charge is 2.51. The van der Waals surface area contributed by atoms with Crippen molar-refractivity contribution < 1.29 is 0 Å². The summed E-state index contributed by atoms with van der Waals surface area (Å²) < 4.78 is 0. The normalized spacial score (nSPS) is 12.6. The molecular weight excluding hydrogens is 542 g/mol. The highest BCUT2D eigenvalue weighted by molar-refractivity contribution is 5.96. The lowest BCUT2D eigenvalue weighted by Gasteiger charge is -2.32. The van der Waals surface area contributed by atoms with E-state index in [1.54, 1.807) is 6.08 Å². The second-order valence-electron chi connectivity index (χ2n) is 11.1. The van der Waals surface area contributed by atoms with Gasteiger partial charge in [-0.05, 0) is 89.1 Å². The molecule has 0 saturated carbocycles. The van der Waals surface area contributed by atoms with Gasteiger partial charge in [0.1, 0.15) is 0 Å². The van der Waals surface area contributed by atoms with Crippen molar-refractivity contribution in [1.82, 2.24) is 0 Å². The monoisotopic (exact) mass is 583 g/mol. The van der Waals surface area contributed by atoms with Gasteiger partial charge >= 0.3 is 0 Å². The Morgan fingerprint density at radius 2 is 1.07 bits per heavy atom. The molecule has 2 aliphatic rings. The SMILES string of the molecule is C=C.C=C/C(=C\C)c1ccccc1N(C(=C)C)c1ccc2c(c1)C1(c3ccccc3-c3ccccc31)c1ccccc1-2.C=CC. The van der Waals surface area contributed by atoms with Crippen LogP contribution < -0.4 is 4.90 Å². The second-order valence-corrected chi connectivity index (χ2v) is 11.1. The fraction of sp³-hybridized carbons (Fsp3) is 0.0909. The summed E-state index contributed by atoms with van der Waals surface area (Å²) in [5, 5.41) is 0. The Hall–Kier alpha value is -5.40. The van der Waals surface area contributed by atoms with E-state index >= 15 is 0 Å². The Labute approximate surface area is 269 Å². The molecule has 0 bridgehead atoms. The van der Waals surface area contributed by atoms with Crippen molar-refractivity contribution in [3.63, 3.8) is 0 Å². The zero-order valence-corrected chi connectivity index (χ0v) is 26.7. The molecule has 1 spiro atoms. The van der Waals surface area contributed by atoms with Gasteiger partial charge in [-0.1, -0.05) is 128 Å². The molecule has 0 amide bonds. The van der Waals surface area contributed by atoms with E-state index in [0.717, 1.165) is 28.2 Å². The summed E-state index contributed by atoms with van der Waals surface area (Å²) in [5.41, 5.74) is 15.6. The maximum absolute atomic E-state index is 4.43. The van der Waals surface area contributed by atoms with Gasteiger partial charge in [-0.25, -0.2) is 0 Å². The van der Waals surface area contributed by atoms with Gasteiger partial charge in [0.25, 0.3) is 0 Å². The summed E-state index contributed by atoms with van der Waals surface area (Å²) in [7, 11) is 0. The van der Waals surface area contributed by atoms with Gasteiger partial charge in [0.2, 0.25) is 0 Å². The van der Waals surface area contributed by atoms with Gasteiger partial charge in [-0.3, -0.25) is 0 Å². The third-order valence-corrected chi connectivity index (χ3v) is 8.61. The molecule has 0 heterocycles. The molecule has 0 saturated heterocycles. The fourth-order valence-corrected chi connectivity index (χ4v) is 7.08. The lowest BCUT2D eigenvalue weighted by Crippen LogP contribution is -2.26. The molecule has 7 rings (SSSR count). The molecule has 0 aliphatic heterocycles. The first-order valence-corrected chi connectivity index (χ1v) is 15.4. The van der Waals surface area contributed by atoms with Gasteiger partial charge in [0.15, 0.2) is 0 Å². The van der Waals surface area contributed by atoms with Crippen LogP contribution in [0.4, 0.5) is 11.4 Å². The molecule has 0 aromatic heterocycles. The topological polar surface area (TPSA) is 3.24 Å². The van der Waals surface area contributed by atoms with Crippen LogP contribution in [-0.4, -0.2) is 0 Å². The van der Waals surface area contributed by atoms with Crippen molar-refractivity contribution in [2.45, 2.75) is 26.2 Å². The summed E-state index contributed by atoms with van der Waals surface area (Å²) in [6, 6.07) is 42.3. The summed E-state index contributed by atoms with van der Waals surface area (Å²) in [6.45, 7) is 23.9. The Morgan fingerprint density at radius 1 is 0.622 bits per heavy atom. The zero-order chi connectivity index (χ0) is 32.1. The molecule has 2 aliphatic carbocycles. The van der Waals surface area contributed by atoms with Gasteiger partial charge in [-0.2, -0.15) is 0 Å². The van der Waals surface area contributed by atoms with E-state index in [9.17, 15) is 0 Å². The van der Waals surface area contributed by atoms with E-state index in [2.05, 4.69) is 173 Å². The first kappa shape index (κ1) is 31.0. The largest absolute Gasteiger partial charge is 0.314 e. The van der Waals surface area contributed by atoms with Crippen LogP contribution in [0, 0.1) is 0 Å². The molecule has 5 aromatic carbocycles. The molecular formula is C44H41N. The summed E-state index contributed by atoms with van der Waals surface area (Å²) in [5.74, 6) is 0. The first-order valence-electron chi connectivity index (χ1n) is 15.4. The van der Waals surface area contributed by atoms with Crippen molar-refractivity contribution in [3.05, 3.63) is 200 Å². The Kier molecular flexibility index (Phi) is 9.02. The number of allylic oxidation sites excluding steroid dienone is 5. The molecule has 45 heavy (non-hydrogen) atoms. The van der Waals surface area contributed by atoms with Crippen LogP contribution in [0.1, 0.15) is 48.6 Å². The quantitative estimate of drug-likeness (QED) is 0.144. The fourth-order valence-electron chi connectivity index (χ4n) is 7.08. The van der Waals surface area contributed by atoms with Crippen LogP contribution in [0.5, 0.6) is 0 Å². The van der Waals surface area contributed by atoms with Crippen molar-refractivity contribution in [1.29, 1.82) is 0 Å². The standard InChI is InChI=1S/C39H31N.C3H6.C2H4/c1-5-27(6-2)29-15-10-14-22-38(29)40(26(3)4)28-23-24-33-32-18-9-13-21-36(32)39(37(33)25-28)34-19-11-7-16-30(34)31-17-8-12-20-35(31)39;1-3-2;1-2/h5-25H,1,3H2,2,4H3;3H,1H2,2H3;1-2H2/b27-6+;;. The van der Waals surface area contributed by atoms with E-state index in [-0.39, 0.29) is 5.41 Å². The third-order valence-electron chi connectivity index (χ3n) is 8.61. The molecule has 222 valence electrons. The average Bonchev–Trinajstić information content (AvgIpc) is 3.54. The molecule has 0 fully saturated rings. The van der Waals surface area contributed by atoms with Crippen LogP contribution in [0.15, 0.2) is 172 Å². The minimum atomic E-state index is -0.370. The summed E-state index contributed by atoms with van der Waals surface area (Å²) in [4.78, 5) is 2.28. The van der Waals surface area contributed by atoms with Gasteiger partial charge < -0.3 is 4.90 Å². The number of hydrogen-bond donors (Lipinski definition) is 0. The van der Waals surface area contributed by atoms with Crippen LogP contribution in [-0.2, 0) is 5.41 Å². The molecule has 5 aromatic rings. The maximum atomic E-state index is 4.43. The number of fused-ring (bicyclic) bond motifs is 10. The Balaban J connectivity index is 0.000000757. The molecule has 1 heteroatoms. The van der Waals surface area contributed by atoms with E-state index in [1.807, 2.05) is 13.0 Å². The van der Waals surface area contributed by atoms with E-state index in [0.29, 0.717) is 0 Å². The van der Waals surface area contributed by atoms with Crippen molar-refractivity contribution in [2.24, 2.45) is 0 Å². The van der Waals surface area contributed by atoms with Crippen LogP contribution in [0.3, 0.4) is 0 Å². The second kappa shape index (κ2) is 13.1. The number of benzene rings is 5. The number of nitrogens with zero attached hydrogens (tertiary/aromatic N) is 1. The summed E-state index contributed by atoms with van der Waals surface area (Å²) >= 11 is 0. The molecule has 0 unspecified atom stereocenters. The van der Waals surface area contributed by atoms with E-state index in [4.69, 9.17) is 0 Å². The number of rotatable bonds is 5. The lowest BCUT2D eigenvalue weighted by atomic mass is 9.70. The maximum Gasteiger partial charge on any atom is 0.0726 e. The molecule has 0 N–H and O–H groups in total. The predicted molar refractivity (Wildman–Crippen MR) is 197 cm³/mol. The van der Waals surface area contributed by atoms with Crippen molar-refractivity contribution in [3.8, 4) is 22.3 Å². The smallest absolute Gasteiger partial charge is 0.0726 e. The minimum Gasteiger partial charge on any atom is -0.314 e. The Bertz CT molecular complexity index is 1870. The number of anilines is 2. The summed E-state index contributed by atoms with van der Waals surface area (Å²) in [6.07, 6.45) is 5.79. The number of para-hydroxylation sites is 1. The number of hydrogen-bond acceptors (Lipinski definition) is 1. The molecule has 0 radical (unpaired) electrons. The van der Waals surface area contributed by atoms with Crippen molar-refractivity contribution in [2.75, 3.05) is 4.90 Å². The average molecular weight is 584 g/mol. The third kappa shape index (κ3) is 4.82. The highest BCUT2D eigenvalue weighted by atomic mass is 15.1. The van der Waals surface area contributed by atoms with Crippen LogP contribution in [0.25, 0.3) is 27.8 Å². The van der Waals surface area contributed by atoms with Crippen LogP contribution in [0.2, 0.25) is 0 Å². The van der Waals surface area contributed by atoms with Gasteiger partial charge in [0.05, 0.1) is 11.1 Å². The zero-order valence-electron chi connectivity index (χ0n) is 26.7. The van der Waals surface area contributed by atoms with E-state index in [1.165, 1.54) is 44.5 Å². The van der Waals surface area contributed by atoms with Gasteiger partial charge in [-0.15, -0.1) is 19.7 Å². The van der Waals surface area contributed by atoms with Gasteiger partial charge in [0, 0.05) is 16.9 Å². The van der Waals surface area contributed by atoms with Crippen molar-refractivity contribution >= 4 is 16.9 Å². The predicted octanol–water partition coefficient (Wildman–Crippen LogP) is 12.3. The highest BCUT2D eigenvalue weighted by Crippen LogP contribution is 2.63. The molecule has 1 nitrogen and oxygen atoms in total. The minimum absolute atomic E-state index is 0.370. The van der Waals surface area contributed by atoms with E-state index < -0.39 is 0 Å². The first-order chi connectivity index (χ1) is 22.0. The molecule has 0 atom stereocenters. The lowest BCUT2D eigenvalue weighted by molar-refractivity contribution is 0.793.